The second-order valence-corrected chi connectivity index (χ2v) is 8.20. The Morgan fingerprint density at radius 1 is 1.23 bits per heavy atom. The first-order valence-corrected chi connectivity index (χ1v) is 9.85. The minimum atomic E-state index is 0.0138. The molecule has 3 nitrogen and oxygen atoms in total. The normalized spacial score (nSPS) is 25.9. The lowest BCUT2D eigenvalue weighted by Crippen LogP contribution is -2.45. The molecule has 0 N–H and O–H groups in total. The third kappa shape index (κ3) is 3.19. The van der Waals surface area contributed by atoms with E-state index in [1.165, 1.54) is 16.7 Å². The van der Waals surface area contributed by atoms with Gasteiger partial charge in [-0.2, -0.15) is 0 Å². The van der Waals surface area contributed by atoms with E-state index in [1.54, 1.807) is 13.1 Å². The highest BCUT2D eigenvalue weighted by Gasteiger charge is 2.37. The first-order valence-electron chi connectivity index (χ1n) is 9.47. The predicted octanol–water partition coefficient (Wildman–Crippen LogP) is 4.26. The van der Waals surface area contributed by atoms with E-state index in [0.717, 1.165) is 37.9 Å². The fourth-order valence-electron chi connectivity index (χ4n) is 4.82. The SMILES string of the molecule is CC(=O)[C@H]1CC([C@@H]2c3ccccc3CCc3cc(Cl)cnc32)CCN1C. The molecule has 2 aromatic rings. The van der Waals surface area contributed by atoms with Crippen LogP contribution in [-0.2, 0) is 17.6 Å². The van der Waals surface area contributed by atoms with Gasteiger partial charge in [0.25, 0.3) is 0 Å². The number of Topliss-reactive ketones (excluding diaryl/α,β-unsaturated/α-hetero) is 1. The van der Waals surface area contributed by atoms with Crippen LogP contribution in [0.2, 0.25) is 5.02 Å². The van der Waals surface area contributed by atoms with Crippen molar-refractivity contribution in [3.05, 3.63) is 63.9 Å². The highest BCUT2D eigenvalue weighted by Crippen LogP contribution is 2.43. The van der Waals surface area contributed by atoms with Crippen molar-refractivity contribution in [2.45, 2.75) is 44.6 Å². The second kappa shape index (κ2) is 7.13. The number of likely N-dealkylation sites (tertiary alicyclic amines) is 1. The van der Waals surface area contributed by atoms with Gasteiger partial charge in [-0.15, -0.1) is 0 Å². The van der Waals surface area contributed by atoms with Crippen molar-refractivity contribution in [2.75, 3.05) is 13.6 Å². The van der Waals surface area contributed by atoms with Gasteiger partial charge in [-0.1, -0.05) is 35.9 Å². The first-order chi connectivity index (χ1) is 12.5. The molecule has 0 bridgehead atoms. The number of aromatic nitrogens is 1. The fourth-order valence-corrected chi connectivity index (χ4v) is 5.00. The zero-order valence-corrected chi connectivity index (χ0v) is 16.2. The van der Waals surface area contributed by atoms with Gasteiger partial charge in [0.1, 0.15) is 5.78 Å². The number of rotatable bonds is 2. The summed E-state index contributed by atoms with van der Waals surface area (Å²) in [5.41, 5.74) is 5.22. The molecule has 0 saturated carbocycles. The molecule has 1 saturated heterocycles. The van der Waals surface area contributed by atoms with E-state index in [-0.39, 0.29) is 17.7 Å². The molecule has 0 amide bonds. The lowest BCUT2D eigenvalue weighted by atomic mass is 9.74. The van der Waals surface area contributed by atoms with E-state index < -0.39 is 0 Å². The van der Waals surface area contributed by atoms with E-state index in [1.807, 2.05) is 0 Å². The molecule has 4 rings (SSSR count). The number of pyridine rings is 1. The lowest BCUT2D eigenvalue weighted by Gasteiger charge is -2.39. The van der Waals surface area contributed by atoms with Crippen molar-refractivity contribution >= 4 is 17.4 Å². The van der Waals surface area contributed by atoms with Crippen LogP contribution in [0.1, 0.15) is 48.1 Å². The summed E-state index contributed by atoms with van der Waals surface area (Å²) in [6.07, 6.45) is 5.75. The summed E-state index contributed by atoms with van der Waals surface area (Å²) in [4.78, 5) is 19.2. The lowest BCUT2D eigenvalue weighted by molar-refractivity contribution is -0.123. The molecule has 0 radical (unpaired) electrons. The molecule has 1 fully saturated rings. The van der Waals surface area contributed by atoms with Crippen molar-refractivity contribution in [1.29, 1.82) is 0 Å². The smallest absolute Gasteiger partial charge is 0.146 e. The Morgan fingerprint density at radius 2 is 2.00 bits per heavy atom. The largest absolute Gasteiger partial charge is 0.298 e. The molecule has 1 aliphatic heterocycles. The third-order valence-corrected chi connectivity index (χ3v) is 6.37. The number of halogens is 1. The quantitative estimate of drug-likeness (QED) is 0.793. The number of hydrogen-bond acceptors (Lipinski definition) is 3. The van der Waals surface area contributed by atoms with E-state index in [9.17, 15) is 4.79 Å². The van der Waals surface area contributed by atoms with Crippen LogP contribution in [0.4, 0.5) is 0 Å². The molecule has 2 heterocycles. The van der Waals surface area contributed by atoms with Crippen LogP contribution < -0.4 is 0 Å². The summed E-state index contributed by atoms with van der Waals surface area (Å²) < 4.78 is 0. The van der Waals surface area contributed by atoms with Crippen molar-refractivity contribution < 1.29 is 4.79 Å². The maximum atomic E-state index is 12.2. The van der Waals surface area contributed by atoms with E-state index >= 15 is 0 Å². The van der Waals surface area contributed by atoms with Gasteiger partial charge in [-0.25, -0.2) is 0 Å². The monoisotopic (exact) mass is 368 g/mol. The number of carbonyl (C=O) groups is 1. The number of ketones is 1. The highest BCUT2D eigenvalue weighted by molar-refractivity contribution is 6.30. The topological polar surface area (TPSA) is 33.2 Å². The molecule has 0 spiro atoms. The van der Waals surface area contributed by atoms with Crippen molar-refractivity contribution in [3.8, 4) is 0 Å². The number of likely N-dealkylation sites (N-methyl/N-ethyl adjacent to an activating group) is 1. The van der Waals surface area contributed by atoms with Crippen LogP contribution in [0.3, 0.4) is 0 Å². The zero-order chi connectivity index (χ0) is 18.3. The molecule has 1 unspecified atom stereocenters. The van der Waals surface area contributed by atoms with Crippen LogP contribution in [0.15, 0.2) is 36.5 Å². The Hall–Kier alpha value is -1.71. The molecule has 4 heteroatoms. The Bertz CT molecular complexity index is 835. The number of benzene rings is 1. The highest BCUT2D eigenvalue weighted by atomic mass is 35.5. The van der Waals surface area contributed by atoms with E-state index in [2.05, 4.69) is 42.3 Å². The Balaban J connectivity index is 1.80. The Morgan fingerprint density at radius 3 is 2.81 bits per heavy atom. The Labute approximate surface area is 160 Å². The van der Waals surface area contributed by atoms with Gasteiger partial charge in [0, 0.05) is 12.1 Å². The molecule has 1 aromatic heterocycles. The maximum absolute atomic E-state index is 12.2. The van der Waals surface area contributed by atoms with Gasteiger partial charge in [0.15, 0.2) is 0 Å². The maximum Gasteiger partial charge on any atom is 0.146 e. The molecule has 26 heavy (non-hydrogen) atoms. The van der Waals surface area contributed by atoms with Crippen LogP contribution in [-0.4, -0.2) is 35.3 Å². The predicted molar refractivity (Wildman–Crippen MR) is 105 cm³/mol. The standard InChI is InChI=1S/C22H25ClN2O/c1-14(26)20-12-16(9-10-25(20)2)21-19-6-4-3-5-15(19)7-8-17-11-18(23)13-24-22(17)21/h3-6,11,13,16,20-21H,7-10,12H2,1-2H3/t16?,20-,21-/m1/s1. The summed E-state index contributed by atoms with van der Waals surface area (Å²) in [6, 6.07) is 10.9. The molecular weight excluding hydrogens is 344 g/mol. The number of fused-ring (bicyclic) bond motifs is 2. The Kier molecular flexibility index (Phi) is 4.85. The van der Waals surface area contributed by atoms with Crippen LogP contribution in [0, 0.1) is 5.92 Å². The van der Waals surface area contributed by atoms with Gasteiger partial charge < -0.3 is 0 Å². The molecule has 3 atom stereocenters. The minimum absolute atomic E-state index is 0.0138. The molecule has 1 aliphatic carbocycles. The number of nitrogens with zero attached hydrogens (tertiary/aromatic N) is 2. The third-order valence-electron chi connectivity index (χ3n) is 6.17. The molecular formula is C22H25ClN2O. The summed E-state index contributed by atoms with van der Waals surface area (Å²) in [6.45, 7) is 2.67. The summed E-state index contributed by atoms with van der Waals surface area (Å²) >= 11 is 6.24. The first kappa shape index (κ1) is 17.7. The average molecular weight is 369 g/mol. The summed E-state index contributed by atoms with van der Waals surface area (Å²) in [5.74, 6) is 0.937. The van der Waals surface area contributed by atoms with Crippen molar-refractivity contribution in [3.63, 3.8) is 0 Å². The van der Waals surface area contributed by atoms with Crippen molar-refractivity contribution in [1.82, 2.24) is 9.88 Å². The van der Waals surface area contributed by atoms with Gasteiger partial charge in [-0.05, 0) is 74.9 Å². The van der Waals surface area contributed by atoms with Crippen LogP contribution in [0.5, 0.6) is 0 Å². The zero-order valence-electron chi connectivity index (χ0n) is 15.4. The van der Waals surface area contributed by atoms with Crippen LogP contribution in [0.25, 0.3) is 0 Å². The second-order valence-electron chi connectivity index (χ2n) is 7.77. The summed E-state index contributed by atoms with van der Waals surface area (Å²) in [7, 11) is 2.06. The number of aryl methyl sites for hydroxylation is 2. The number of piperidine rings is 1. The average Bonchev–Trinajstić information content (AvgIpc) is 2.79. The van der Waals surface area contributed by atoms with Gasteiger partial charge >= 0.3 is 0 Å². The molecule has 2 aliphatic rings. The van der Waals surface area contributed by atoms with E-state index in [0.29, 0.717) is 10.9 Å². The van der Waals surface area contributed by atoms with Gasteiger partial charge in [0.2, 0.25) is 0 Å². The van der Waals surface area contributed by atoms with Gasteiger partial charge in [0.05, 0.1) is 16.8 Å². The number of carbonyl (C=O) groups excluding carboxylic acids is 1. The van der Waals surface area contributed by atoms with Crippen molar-refractivity contribution in [2.24, 2.45) is 5.92 Å². The minimum Gasteiger partial charge on any atom is -0.298 e. The molecule has 1 aromatic carbocycles. The number of hydrogen-bond donors (Lipinski definition) is 0. The van der Waals surface area contributed by atoms with Gasteiger partial charge in [-0.3, -0.25) is 14.7 Å². The van der Waals surface area contributed by atoms with Crippen LogP contribution >= 0.6 is 11.6 Å². The summed E-state index contributed by atoms with van der Waals surface area (Å²) in [5, 5.41) is 0.707. The fraction of sp³-hybridized carbons (Fsp3) is 0.455. The van der Waals surface area contributed by atoms with E-state index in [4.69, 9.17) is 16.6 Å². The molecule has 136 valence electrons.